The smallest absolute Gasteiger partial charge is 0.321 e. The Morgan fingerprint density at radius 1 is 1.36 bits per heavy atom. The van der Waals surface area contributed by atoms with Crippen LogP contribution in [0.15, 0.2) is 24.3 Å². The van der Waals surface area contributed by atoms with Gasteiger partial charge < -0.3 is 16.0 Å². The molecule has 3 rings (SSSR count). The molecule has 7 heteroatoms. The van der Waals surface area contributed by atoms with Crippen LogP contribution in [0.2, 0.25) is 0 Å². The van der Waals surface area contributed by atoms with Gasteiger partial charge in [-0.1, -0.05) is 12.5 Å². The molecule has 0 radical (unpaired) electrons. The minimum absolute atomic E-state index is 0.0325. The summed E-state index contributed by atoms with van der Waals surface area (Å²) in [6.07, 6.45) is 3.28. The summed E-state index contributed by atoms with van der Waals surface area (Å²) in [5, 5.41) is 13.5. The first kappa shape index (κ1) is 14.8. The maximum Gasteiger partial charge on any atom is 0.321 e. The van der Waals surface area contributed by atoms with E-state index in [0.29, 0.717) is 24.1 Å². The van der Waals surface area contributed by atoms with Crippen molar-refractivity contribution in [3.8, 4) is 0 Å². The van der Waals surface area contributed by atoms with E-state index in [4.69, 9.17) is 5.73 Å². The lowest BCUT2D eigenvalue weighted by Gasteiger charge is -2.29. The lowest BCUT2D eigenvalue weighted by Crippen LogP contribution is -2.39. The van der Waals surface area contributed by atoms with E-state index in [1.807, 2.05) is 0 Å². The average Bonchev–Trinajstić information content (AvgIpc) is 2.93. The Morgan fingerprint density at radius 3 is 2.91 bits per heavy atom. The molecular formula is C15H20N4O3. The fraction of sp³-hybridized carbons (Fsp3) is 0.533. The fourth-order valence-corrected chi connectivity index (χ4v) is 3.58. The van der Waals surface area contributed by atoms with Gasteiger partial charge in [-0.2, -0.15) is 0 Å². The van der Waals surface area contributed by atoms with Crippen molar-refractivity contribution in [1.82, 2.24) is 4.90 Å². The molecule has 2 aliphatic rings. The number of urea groups is 1. The number of benzene rings is 1. The van der Waals surface area contributed by atoms with Crippen LogP contribution in [0.3, 0.4) is 0 Å². The molecule has 1 aromatic rings. The number of hydrogen-bond acceptors (Lipinski definition) is 4. The van der Waals surface area contributed by atoms with Gasteiger partial charge in [0, 0.05) is 37.0 Å². The minimum atomic E-state index is -0.473. The van der Waals surface area contributed by atoms with Crippen molar-refractivity contribution in [2.75, 3.05) is 18.4 Å². The highest BCUT2D eigenvalue weighted by Crippen LogP contribution is 2.35. The molecule has 3 atom stereocenters. The second-order valence-electron chi connectivity index (χ2n) is 6.16. The molecule has 3 unspecified atom stereocenters. The first-order valence-corrected chi connectivity index (χ1v) is 7.60. The maximum atomic E-state index is 12.4. The summed E-state index contributed by atoms with van der Waals surface area (Å²) in [7, 11) is 0. The molecule has 3 N–H and O–H groups in total. The second-order valence-corrected chi connectivity index (χ2v) is 6.16. The average molecular weight is 304 g/mol. The van der Waals surface area contributed by atoms with Crippen LogP contribution < -0.4 is 11.1 Å². The number of non-ortho nitro benzene ring substituents is 1. The zero-order chi connectivity index (χ0) is 15.7. The molecule has 0 bridgehead atoms. The van der Waals surface area contributed by atoms with Gasteiger partial charge in [0.1, 0.15) is 0 Å². The topological polar surface area (TPSA) is 102 Å². The van der Waals surface area contributed by atoms with Crippen LogP contribution in [-0.2, 0) is 0 Å². The van der Waals surface area contributed by atoms with Crippen LogP contribution in [0.4, 0.5) is 16.2 Å². The molecule has 1 aromatic carbocycles. The molecule has 1 saturated carbocycles. The number of fused-ring (bicyclic) bond motifs is 1. The number of nitro benzene ring substituents is 1. The first-order valence-electron chi connectivity index (χ1n) is 7.60. The van der Waals surface area contributed by atoms with Crippen LogP contribution in [0.1, 0.15) is 19.3 Å². The Labute approximate surface area is 128 Å². The SMILES string of the molecule is NC1CCCC2CN(C(=O)Nc3cccc([N+](=O)[O-])c3)CC12. The maximum absolute atomic E-state index is 12.4. The van der Waals surface area contributed by atoms with E-state index in [-0.39, 0.29) is 17.8 Å². The third-order valence-corrected chi connectivity index (χ3v) is 4.75. The number of likely N-dealkylation sites (tertiary alicyclic amines) is 1. The quantitative estimate of drug-likeness (QED) is 0.646. The summed E-state index contributed by atoms with van der Waals surface area (Å²) in [5.41, 5.74) is 6.57. The standard InChI is InChI=1S/C15H20N4O3/c16-14-6-1-3-10-8-18(9-13(10)14)15(20)17-11-4-2-5-12(7-11)19(21)22/h2,4-5,7,10,13-14H,1,3,6,8-9,16H2,(H,17,20). The van der Waals surface area contributed by atoms with E-state index in [2.05, 4.69) is 5.32 Å². The largest absolute Gasteiger partial charge is 0.327 e. The minimum Gasteiger partial charge on any atom is -0.327 e. The Kier molecular flexibility index (Phi) is 3.98. The van der Waals surface area contributed by atoms with Gasteiger partial charge in [-0.3, -0.25) is 10.1 Å². The molecular weight excluding hydrogens is 284 g/mol. The van der Waals surface area contributed by atoms with Crippen molar-refractivity contribution in [3.63, 3.8) is 0 Å². The van der Waals surface area contributed by atoms with Crippen LogP contribution in [-0.4, -0.2) is 35.0 Å². The molecule has 22 heavy (non-hydrogen) atoms. The van der Waals surface area contributed by atoms with Gasteiger partial charge >= 0.3 is 6.03 Å². The lowest BCUT2D eigenvalue weighted by atomic mass is 9.78. The Morgan fingerprint density at radius 2 is 2.18 bits per heavy atom. The number of nitrogens with two attached hydrogens (primary N) is 1. The van der Waals surface area contributed by atoms with E-state index in [9.17, 15) is 14.9 Å². The van der Waals surface area contributed by atoms with Crippen molar-refractivity contribution in [2.45, 2.75) is 25.3 Å². The molecule has 2 amide bonds. The molecule has 2 fully saturated rings. The molecule has 1 saturated heterocycles. The Bertz CT molecular complexity index is 592. The summed E-state index contributed by atoms with van der Waals surface area (Å²) in [5.74, 6) is 0.865. The van der Waals surface area contributed by atoms with E-state index in [1.54, 1.807) is 17.0 Å². The Hall–Kier alpha value is -2.15. The lowest BCUT2D eigenvalue weighted by molar-refractivity contribution is -0.384. The summed E-state index contributed by atoms with van der Waals surface area (Å²) in [4.78, 5) is 24.4. The highest BCUT2D eigenvalue weighted by molar-refractivity contribution is 5.89. The van der Waals surface area contributed by atoms with Crippen LogP contribution >= 0.6 is 0 Å². The summed E-state index contributed by atoms with van der Waals surface area (Å²) >= 11 is 0. The fourth-order valence-electron chi connectivity index (χ4n) is 3.58. The van der Waals surface area contributed by atoms with Crippen LogP contribution in [0.5, 0.6) is 0 Å². The van der Waals surface area contributed by atoms with Crippen molar-refractivity contribution in [2.24, 2.45) is 17.6 Å². The molecule has 1 aliphatic carbocycles. The summed E-state index contributed by atoms with van der Waals surface area (Å²) in [6, 6.07) is 5.95. The number of carbonyl (C=O) groups excluding carboxylic acids is 1. The number of carbonyl (C=O) groups is 1. The molecule has 118 valence electrons. The number of hydrogen-bond donors (Lipinski definition) is 2. The number of anilines is 1. The van der Waals surface area contributed by atoms with Crippen molar-refractivity contribution >= 4 is 17.4 Å². The van der Waals surface area contributed by atoms with Crippen LogP contribution in [0, 0.1) is 22.0 Å². The normalized spacial score (nSPS) is 27.3. The number of rotatable bonds is 2. The zero-order valence-electron chi connectivity index (χ0n) is 12.3. The summed E-state index contributed by atoms with van der Waals surface area (Å²) in [6.45, 7) is 1.39. The predicted molar refractivity (Wildman–Crippen MR) is 82.5 cm³/mol. The molecule has 0 spiro atoms. The molecule has 7 nitrogen and oxygen atoms in total. The number of nitrogens with zero attached hydrogens (tertiary/aromatic N) is 2. The van der Waals surface area contributed by atoms with Crippen LogP contribution in [0.25, 0.3) is 0 Å². The molecule has 0 aromatic heterocycles. The Balaban J connectivity index is 1.65. The first-order chi connectivity index (χ1) is 10.5. The van der Waals surface area contributed by atoms with E-state index in [0.717, 1.165) is 25.8 Å². The van der Waals surface area contributed by atoms with Gasteiger partial charge in [-0.05, 0) is 30.7 Å². The second kappa shape index (κ2) is 5.92. The zero-order valence-corrected chi connectivity index (χ0v) is 12.3. The van der Waals surface area contributed by atoms with Gasteiger partial charge in [0.15, 0.2) is 0 Å². The van der Waals surface area contributed by atoms with E-state index >= 15 is 0 Å². The van der Waals surface area contributed by atoms with E-state index < -0.39 is 4.92 Å². The molecule has 1 aliphatic heterocycles. The monoisotopic (exact) mass is 304 g/mol. The van der Waals surface area contributed by atoms with Crippen molar-refractivity contribution < 1.29 is 9.72 Å². The van der Waals surface area contributed by atoms with Gasteiger partial charge in [0.25, 0.3) is 5.69 Å². The van der Waals surface area contributed by atoms with Crippen molar-refractivity contribution in [1.29, 1.82) is 0 Å². The van der Waals surface area contributed by atoms with Gasteiger partial charge in [-0.15, -0.1) is 0 Å². The van der Waals surface area contributed by atoms with E-state index in [1.165, 1.54) is 12.1 Å². The highest BCUT2D eigenvalue weighted by atomic mass is 16.6. The summed E-state index contributed by atoms with van der Waals surface area (Å²) < 4.78 is 0. The third kappa shape index (κ3) is 2.89. The van der Waals surface area contributed by atoms with Gasteiger partial charge in [0.2, 0.25) is 0 Å². The number of nitro groups is 1. The van der Waals surface area contributed by atoms with Gasteiger partial charge in [0.05, 0.1) is 4.92 Å². The molecule has 1 heterocycles. The van der Waals surface area contributed by atoms with Gasteiger partial charge in [-0.25, -0.2) is 4.79 Å². The highest BCUT2D eigenvalue weighted by Gasteiger charge is 2.40. The number of amides is 2. The predicted octanol–water partition coefficient (Wildman–Crippen LogP) is 2.19. The number of nitrogens with one attached hydrogen (secondary N) is 1. The van der Waals surface area contributed by atoms with Crippen molar-refractivity contribution in [3.05, 3.63) is 34.4 Å². The third-order valence-electron chi connectivity index (χ3n) is 4.75.